The van der Waals surface area contributed by atoms with Crippen LogP contribution in [0.3, 0.4) is 0 Å². The molecule has 6 nitrogen and oxygen atoms in total. The molecular weight excluding hydrogens is 374 g/mol. The third-order valence-electron chi connectivity index (χ3n) is 3.62. The summed E-state index contributed by atoms with van der Waals surface area (Å²) in [5, 5.41) is 16.3. The Kier molecular flexibility index (Phi) is 5.13. The van der Waals surface area contributed by atoms with E-state index in [1.54, 1.807) is 35.9 Å². The monoisotopic (exact) mass is 393 g/mol. The third kappa shape index (κ3) is 3.84. The predicted molar refractivity (Wildman–Crippen MR) is 93.9 cm³/mol. The number of carbonyl (C=O) groups excluding carboxylic acids is 1. The molecule has 2 N–H and O–H groups in total. The van der Waals surface area contributed by atoms with E-state index < -0.39 is 17.9 Å². The molecule has 2 aromatic rings. The summed E-state index contributed by atoms with van der Waals surface area (Å²) in [6.45, 7) is 7.74. The van der Waals surface area contributed by atoms with Crippen LogP contribution in [0.1, 0.15) is 48.4 Å². The van der Waals surface area contributed by atoms with Gasteiger partial charge in [-0.3, -0.25) is 9.48 Å². The van der Waals surface area contributed by atoms with Gasteiger partial charge in [0.05, 0.1) is 17.3 Å². The van der Waals surface area contributed by atoms with E-state index in [0.29, 0.717) is 16.8 Å². The molecule has 1 unspecified atom stereocenters. The number of hydrogen-bond donors (Lipinski definition) is 2. The summed E-state index contributed by atoms with van der Waals surface area (Å²) in [5.74, 6) is -1.58. The second kappa shape index (κ2) is 6.76. The molecule has 128 valence electrons. The molecule has 1 aromatic heterocycles. The van der Waals surface area contributed by atoms with Gasteiger partial charge in [-0.1, -0.05) is 28.1 Å². The van der Waals surface area contributed by atoms with Crippen molar-refractivity contribution in [1.29, 1.82) is 0 Å². The van der Waals surface area contributed by atoms with Crippen molar-refractivity contribution in [1.82, 2.24) is 15.1 Å². The zero-order valence-electron chi connectivity index (χ0n) is 14.0. The van der Waals surface area contributed by atoms with Crippen molar-refractivity contribution in [2.45, 2.75) is 39.3 Å². The molecule has 1 heterocycles. The third-order valence-corrected chi connectivity index (χ3v) is 4.14. The van der Waals surface area contributed by atoms with Crippen molar-refractivity contribution in [2.75, 3.05) is 0 Å². The summed E-state index contributed by atoms with van der Waals surface area (Å²) < 4.78 is 2.58. The molecule has 1 aromatic carbocycles. The fourth-order valence-corrected chi connectivity index (χ4v) is 2.72. The van der Waals surface area contributed by atoms with Gasteiger partial charge in [-0.25, -0.2) is 4.79 Å². The van der Waals surface area contributed by atoms with Crippen molar-refractivity contribution < 1.29 is 14.7 Å². The fraction of sp³-hybridized carbons (Fsp3) is 0.353. The number of aliphatic carboxylic acids is 1. The molecule has 0 saturated carbocycles. The van der Waals surface area contributed by atoms with Crippen LogP contribution < -0.4 is 5.32 Å². The highest BCUT2D eigenvalue weighted by Crippen LogP contribution is 2.21. The van der Waals surface area contributed by atoms with Crippen LogP contribution >= 0.6 is 15.9 Å². The van der Waals surface area contributed by atoms with Crippen LogP contribution in [0.4, 0.5) is 0 Å². The second-order valence-corrected chi connectivity index (χ2v) is 7.44. The van der Waals surface area contributed by atoms with Gasteiger partial charge >= 0.3 is 5.97 Å². The number of hydrogen-bond acceptors (Lipinski definition) is 3. The van der Waals surface area contributed by atoms with Gasteiger partial charge in [0, 0.05) is 10.2 Å². The maximum atomic E-state index is 12.5. The smallest absolute Gasteiger partial charge is 0.330 e. The quantitative estimate of drug-likeness (QED) is 0.834. The van der Waals surface area contributed by atoms with E-state index in [1.807, 2.05) is 20.8 Å². The Bertz CT molecular complexity index is 760. The standard InChI is InChI=1S/C17H20BrN3O3/c1-10-13(9-19-21(10)17(2,3)4)15(22)20-14(16(23)24)11-5-7-12(18)8-6-11/h5-9,14H,1-4H3,(H,20,22)(H,23,24). The topological polar surface area (TPSA) is 84.2 Å². The highest BCUT2D eigenvalue weighted by atomic mass is 79.9. The lowest BCUT2D eigenvalue weighted by atomic mass is 10.1. The molecule has 0 bridgehead atoms. The molecule has 1 atom stereocenters. The number of nitrogens with zero attached hydrogens (tertiary/aromatic N) is 2. The van der Waals surface area contributed by atoms with Gasteiger partial charge in [-0.05, 0) is 45.4 Å². The minimum atomic E-state index is -1.12. The molecule has 0 aliphatic rings. The van der Waals surface area contributed by atoms with Crippen LogP contribution in [0.15, 0.2) is 34.9 Å². The average Bonchev–Trinajstić information content (AvgIpc) is 2.87. The lowest BCUT2D eigenvalue weighted by molar-refractivity contribution is -0.139. The molecule has 7 heteroatoms. The van der Waals surface area contributed by atoms with Gasteiger partial charge in [-0.15, -0.1) is 0 Å². The van der Waals surface area contributed by atoms with Crippen LogP contribution in [-0.4, -0.2) is 26.8 Å². The first-order chi connectivity index (χ1) is 11.1. The molecule has 1 amide bonds. The number of carbonyl (C=O) groups is 2. The van der Waals surface area contributed by atoms with Gasteiger partial charge in [0.1, 0.15) is 0 Å². The van der Waals surface area contributed by atoms with Gasteiger partial charge in [0.25, 0.3) is 5.91 Å². The maximum Gasteiger partial charge on any atom is 0.330 e. The summed E-state index contributed by atoms with van der Waals surface area (Å²) in [5.41, 5.74) is 1.30. The largest absolute Gasteiger partial charge is 0.479 e. The van der Waals surface area contributed by atoms with Crippen molar-refractivity contribution in [3.63, 3.8) is 0 Å². The van der Waals surface area contributed by atoms with Crippen molar-refractivity contribution >= 4 is 27.8 Å². The van der Waals surface area contributed by atoms with Gasteiger partial charge in [0.15, 0.2) is 6.04 Å². The molecule has 0 aliphatic carbocycles. The molecule has 2 rings (SSSR count). The van der Waals surface area contributed by atoms with Crippen LogP contribution in [0.5, 0.6) is 0 Å². The van der Waals surface area contributed by atoms with Crippen LogP contribution in [0.25, 0.3) is 0 Å². The molecule has 0 spiro atoms. The number of carboxylic acids is 1. The number of amides is 1. The molecule has 0 radical (unpaired) electrons. The number of nitrogens with one attached hydrogen (secondary N) is 1. The fourth-order valence-electron chi connectivity index (χ4n) is 2.46. The summed E-state index contributed by atoms with van der Waals surface area (Å²) >= 11 is 3.30. The van der Waals surface area contributed by atoms with Gasteiger partial charge in [0.2, 0.25) is 0 Å². The highest BCUT2D eigenvalue weighted by molar-refractivity contribution is 9.10. The predicted octanol–water partition coefficient (Wildman–Crippen LogP) is 3.26. The average molecular weight is 394 g/mol. The minimum Gasteiger partial charge on any atom is -0.479 e. The van der Waals surface area contributed by atoms with Crippen LogP contribution in [-0.2, 0) is 10.3 Å². The molecule has 0 saturated heterocycles. The highest BCUT2D eigenvalue weighted by Gasteiger charge is 2.26. The minimum absolute atomic E-state index is 0.263. The Morgan fingerprint density at radius 3 is 2.29 bits per heavy atom. The van der Waals surface area contributed by atoms with Gasteiger partial charge in [-0.2, -0.15) is 5.10 Å². The summed E-state index contributed by atoms with van der Waals surface area (Å²) in [7, 11) is 0. The zero-order chi connectivity index (χ0) is 18.1. The van der Waals surface area contributed by atoms with E-state index in [-0.39, 0.29) is 5.54 Å². The zero-order valence-corrected chi connectivity index (χ0v) is 15.6. The van der Waals surface area contributed by atoms with Crippen molar-refractivity contribution in [3.8, 4) is 0 Å². The number of carboxylic acid groups (broad SMARTS) is 1. The van der Waals surface area contributed by atoms with E-state index in [1.165, 1.54) is 6.20 Å². The van der Waals surface area contributed by atoms with Gasteiger partial charge < -0.3 is 10.4 Å². The van der Waals surface area contributed by atoms with E-state index in [4.69, 9.17) is 0 Å². The SMILES string of the molecule is Cc1c(C(=O)NC(C(=O)O)c2ccc(Br)cc2)cnn1C(C)(C)C. The number of aromatic nitrogens is 2. The number of halogens is 1. The molecule has 0 aliphatic heterocycles. The Balaban J connectivity index is 2.28. The van der Waals surface area contributed by atoms with Crippen LogP contribution in [0.2, 0.25) is 0 Å². The molecule has 0 fully saturated rings. The Morgan fingerprint density at radius 1 is 1.25 bits per heavy atom. The molecular formula is C17H20BrN3O3. The lowest BCUT2D eigenvalue weighted by Crippen LogP contribution is -2.34. The first-order valence-electron chi connectivity index (χ1n) is 7.45. The van der Waals surface area contributed by atoms with E-state index in [0.717, 1.165) is 4.47 Å². The summed E-state index contributed by atoms with van der Waals surface area (Å²) in [6, 6.07) is 5.67. The lowest BCUT2D eigenvalue weighted by Gasteiger charge is -2.21. The van der Waals surface area contributed by atoms with Crippen molar-refractivity contribution in [2.24, 2.45) is 0 Å². The van der Waals surface area contributed by atoms with E-state index in [9.17, 15) is 14.7 Å². The maximum absolute atomic E-state index is 12.5. The normalized spacial score (nSPS) is 12.7. The summed E-state index contributed by atoms with van der Waals surface area (Å²) in [4.78, 5) is 24.1. The second-order valence-electron chi connectivity index (χ2n) is 6.52. The number of benzene rings is 1. The first-order valence-corrected chi connectivity index (χ1v) is 8.25. The number of rotatable bonds is 4. The van der Waals surface area contributed by atoms with E-state index >= 15 is 0 Å². The Hall–Kier alpha value is -2.15. The summed E-state index contributed by atoms with van der Waals surface area (Å²) in [6.07, 6.45) is 1.47. The van der Waals surface area contributed by atoms with Crippen molar-refractivity contribution in [3.05, 3.63) is 51.8 Å². The Morgan fingerprint density at radius 2 is 1.83 bits per heavy atom. The molecule has 24 heavy (non-hydrogen) atoms. The van der Waals surface area contributed by atoms with E-state index in [2.05, 4.69) is 26.3 Å². The first kappa shape index (κ1) is 18.2. The Labute approximate surface area is 149 Å². The van der Waals surface area contributed by atoms with Crippen LogP contribution in [0, 0.1) is 6.92 Å².